The number of carbonyl (C=O) groups is 1. The molecule has 0 bridgehead atoms. The van der Waals surface area contributed by atoms with E-state index < -0.39 is 17.9 Å². The Balaban J connectivity index is 1.76. The van der Waals surface area contributed by atoms with E-state index in [9.17, 15) is 18.0 Å². The molecule has 0 saturated carbocycles. The minimum absolute atomic E-state index is 0.0262. The molecule has 0 radical (unpaired) electrons. The Hall–Kier alpha value is -4.74. The van der Waals surface area contributed by atoms with Crippen LogP contribution in [0.15, 0.2) is 54.6 Å². The summed E-state index contributed by atoms with van der Waals surface area (Å²) in [5.41, 5.74) is 8.40. The summed E-state index contributed by atoms with van der Waals surface area (Å²) >= 11 is 0. The number of aromatic nitrogens is 4. The van der Waals surface area contributed by atoms with Gasteiger partial charge in [-0.3, -0.25) is 9.97 Å². The quantitative estimate of drug-likeness (QED) is 0.309. The first-order chi connectivity index (χ1) is 18.2. The number of carbonyl (C=O) groups excluding carboxylic acids is 1. The fourth-order valence-electron chi connectivity index (χ4n) is 3.70. The van der Waals surface area contributed by atoms with Crippen LogP contribution in [0, 0.1) is 12.7 Å². The number of aryl methyl sites for hydroxylation is 1. The number of amides is 2. The molecule has 3 heterocycles. The van der Waals surface area contributed by atoms with Gasteiger partial charge in [0.05, 0.1) is 29.2 Å². The Labute approximate surface area is 216 Å². The van der Waals surface area contributed by atoms with E-state index in [1.807, 2.05) is 0 Å². The first-order valence-electron chi connectivity index (χ1n) is 11.5. The number of pyridine rings is 2. The number of alkyl halides is 2. The van der Waals surface area contributed by atoms with Crippen molar-refractivity contribution in [2.45, 2.75) is 26.5 Å². The highest BCUT2D eigenvalue weighted by atomic mass is 19.3. The fourth-order valence-corrected chi connectivity index (χ4v) is 3.70. The molecule has 0 saturated heterocycles. The monoisotopic (exact) mass is 523 g/mol. The minimum atomic E-state index is -2.81. The summed E-state index contributed by atoms with van der Waals surface area (Å²) in [5, 5.41) is 5.11. The van der Waals surface area contributed by atoms with E-state index in [0.29, 0.717) is 28.2 Å². The molecule has 3 aromatic heterocycles. The fraction of sp³-hybridized carbons (Fsp3) is 0.192. The van der Waals surface area contributed by atoms with Crippen molar-refractivity contribution in [2.24, 2.45) is 0 Å². The maximum Gasteiger partial charge on any atom is 0.314 e. The van der Waals surface area contributed by atoms with Crippen LogP contribution in [0.4, 0.5) is 23.9 Å². The van der Waals surface area contributed by atoms with Gasteiger partial charge in [-0.15, -0.1) is 0 Å². The van der Waals surface area contributed by atoms with Gasteiger partial charge in [-0.05, 0) is 61.0 Å². The molecule has 0 spiro atoms. The van der Waals surface area contributed by atoms with E-state index in [1.54, 1.807) is 31.2 Å². The van der Waals surface area contributed by atoms with Crippen LogP contribution in [0.2, 0.25) is 0 Å². The maximum absolute atomic E-state index is 13.6. The smallest absolute Gasteiger partial charge is 0.314 e. The van der Waals surface area contributed by atoms with Gasteiger partial charge in [0.2, 0.25) is 11.8 Å². The topological polar surface area (TPSA) is 128 Å². The van der Waals surface area contributed by atoms with Crippen LogP contribution in [-0.4, -0.2) is 33.0 Å². The van der Waals surface area contributed by atoms with Crippen molar-refractivity contribution in [2.75, 3.05) is 12.8 Å². The molecule has 2 amide bonds. The Kier molecular flexibility index (Phi) is 8.00. The summed E-state index contributed by atoms with van der Waals surface area (Å²) in [7, 11) is 1.51. The number of ether oxygens (including phenoxy) is 1. The van der Waals surface area contributed by atoms with Gasteiger partial charge in [-0.1, -0.05) is 6.07 Å². The van der Waals surface area contributed by atoms with Crippen LogP contribution in [0.5, 0.6) is 5.88 Å². The number of urea groups is 1. The van der Waals surface area contributed by atoms with E-state index in [2.05, 4.69) is 30.6 Å². The van der Waals surface area contributed by atoms with Gasteiger partial charge in [0, 0.05) is 18.3 Å². The second-order valence-electron chi connectivity index (χ2n) is 8.18. The highest BCUT2D eigenvalue weighted by Gasteiger charge is 2.22. The average molecular weight is 524 g/mol. The summed E-state index contributed by atoms with van der Waals surface area (Å²) in [4.78, 5) is 28.4. The largest absolute Gasteiger partial charge is 0.471 e. The zero-order valence-electron chi connectivity index (χ0n) is 20.5. The highest BCUT2D eigenvalue weighted by Crippen LogP contribution is 2.39. The Morgan fingerprint density at radius 3 is 2.45 bits per heavy atom. The lowest BCUT2D eigenvalue weighted by atomic mass is 9.99. The number of rotatable bonds is 8. The van der Waals surface area contributed by atoms with E-state index in [1.165, 1.54) is 37.4 Å². The Morgan fingerprint density at radius 2 is 1.74 bits per heavy atom. The lowest BCUT2D eigenvalue weighted by molar-refractivity contribution is 0.146. The summed E-state index contributed by atoms with van der Waals surface area (Å²) in [5.74, 6) is -0.553. The molecule has 9 nitrogen and oxygen atoms in total. The number of anilines is 1. The van der Waals surface area contributed by atoms with Gasteiger partial charge in [0.25, 0.3) is 6.43 Å². The van der Waals surface area contributed by atoms with Crippen molar-refractivity contribution in [1.29, 1.82) is 0 Å². The molecule has 0 unspecified atom stereocenters. The van der Waals surface area contributed by atoms with E-state index in [0.717, 1.165) is 0 Å². The number of halogens is 3. The molecule has 38 heavy (non-hydrogen) atoms. The number of benzene rings is 1. The lowest BCUT2D eigenvalue weighted by Crippen LogP contribution is -2.32. The highest BCUT2D eigenvalue weighted by molar-refractivity contribution is 5.85. The van der Waals surface area contributed by atoms with Crippen molar-refractivity contribution < 1.29 is 22.7 Å². The Bertz CT molecular complexity index is 1450. The number of hydrogen-bond donors (Lipinski definition) is 3. The number of nitrogen functional groups attached to an aromatic ring is 1. The molecule has 4 rings (SSSR count). The number of hydrogen-bond acceptors (Lipinski definition) is 7. The van der Waals surface area contributed by atoms with Crippen LogP contribution in [0.1, 0.15) is 29.2 Å². The van der Waals surface area contributed by atoms with Crippen LogP contribution in [-0.2, 0) is 13.2 Å². The van der Waals surface area contributed by atoms with E-state index >= 15 is 0 Å². The summed E-state index contributed by atoms with van der Waals surface area (Å²) in [6, 6.07) is 13.2. The van der Waals surface area contributed by atoms with Crippen molar-refractivity contribution in [3.63, 3.8) is 0 Å². The van der Waals surface area contributed by atoms with Crippen LogP contribution < -0.4 is 21.1 Å². The van der Waals surface area contributed by atoms with Gasteiger partial charge in [-0.2, -0.15) is 4.98 Å². The third-order valence-corrected chi connectivity index (χ3v) is 5.37. The Morgan fingerprint density at radius 1 is 1.00 bits per heavy atom. The van der Waals surface area contributed by atoms with Crippen molar-refractivity contribution in [1.82, 2.24) is 30.6 Å². The first kappa shape index (κ1) is 26.3. The molecule has 0 atom stereocenters. The van der Waals surface area contributed by atoms with Gasteiger partial charge in [0.15, 0.2) is 0 Å². The standard InChI is InChI=1S/C26H24F3N7O2/c1-14-10-16(11-20(33-14)23(28)29)21-22(15-6-8-17(27)9-7-15)35-25(30)36-24(21)38-13-19-5-3-4-18(34-19)12-32-26(37)31-2/h3-11,23H,12-13H2,1-2H3,(H2,30,35,36)(H2,31,32,37). The number of nitrogens with zero attached hydrogens (tertiary/aromatic N) is 4. The lowest BCUT2D eigenvalue weighted by Gasteiger charge is -2.16. The van der Waals surface area contributed by atoms with Crippen LogP contribution in [0.3, 0.4) is 0 Å². The van der Waals surface area contributed by atoms with Crippen LogP contribution >= 0.6 is 0 Å². The summed E-state index contributed by atoms with van der Waals surface area (Å²) < 4.78 is 46.8. The molecule has 1 aromatic carbocycles. The number of nitrogens with one attached hydrogen (secondary N) is 2. The first-order valence-corrected chi connectivity index (χ1v) is 11.5. The van der Waals surface area contributed by atoms with E-state index in [4.69, 9.17) is 10.5 Å². The van der Waals surface area contributed by atoms with Gasteiger partial charge in [0.1, 0.15) is 18.1 Å². The zero-order chi connectivity index (χ0) is 27.2. The predicted octanol–water partition coefficient (Wildman–Crippen LogP) is 4.58. The average Bonchev–Trinajstić information content (AvgIpc) is 2.90. The molecule has 0 aliphatic carbocycles. The normalized spacial score (nSPS) is 10.9. The second-order valence-corrected chi connectivity index (χ2v) is 8.18. The molecule has 0 aliphatic heterocycles. The number of nitrogens with two attached hydrogens (primary N) is 1. The third kappa shape index (κ3) is 6.33. The minimum Gasteiger partial charge on any atom is -0.471 e. The van der Waals surface area contributed by atoms with Crippen LogP contribution in [0.25, 0.3) is 22.4 Å². The van der Waals surface area contributed by atoms with E-state index in [-0.39, 0.29) is 42.3 Å². The van der Waals surface area contributed by atoms with Gasteiger partial charge in [-0.25, -0.2) is 22.9 Å². The molecule has 196 valence electrons. The molecule has 0 aliphatic rings. The molecule has 4 N–H and O–H groups in total. The van der Waals surface area contributed by atoms with Gasteiger partial charge < -0.3 is 21.1 Å². The summed E-state index contributed by atoms with van der Waals surface area (Å²) in [6.07, 6.45) is -2.81. The summed E-state index contributed by atoms with van der Waals surface area (Å²) in [6.45, 7) is 1.74. The molecular formula is C26H24F3N7O2. The molecule has 12 heteroatoms. The molecular weight excluding hydrogens is 499 g/mol. The van der Waals surface area contributed by atoms with Gasteiger partial charge >= 0.3 is 6.03 Å². The van der Waals surface area contributed by atoms with Crippen molar-refractivity contribution >= 4 is 12.0 Å². The second kappa shape index (κ2) is 11.5. The molecule has 0 fully saturated rings. The SMILES string of the molecule is CNC(=O)NCc1cccc(COc2nc(N)nc(-c3ccc(F)cc3)c2-c2cc(C)nc(C(F)F)c2)n1. The predicted molar refractivity (Wildman–Crippen MR) is 135 cm³/mol. The van der Waals surface area contributed by atoms with Crippen molar-refractivity contribution in [3.05, 3.63) is 83.2 Å². The maximum atomic E-state index is 13.6. The third-order valence-electron chi connectivity index (χ3n) is 5.37. The van der Waals surface area contributed by atoms with Crippen molar-refractivity contribution in [3.8, 4) is 28.3 Å². The molecule has 4 aromatic rings. The zero-order valence-corrected chi connectivity index (χ0v) is 20.5.